The second-order valence-corrected chi connectivity index (χ2v) is 5.28. The first-order valence-corrected chi connectivity index (χ1v) is 7.57. The van der Waals surface area contributed by atoms with E-state index < -0.39 is 0 Å². The average molecular weight is 287 g/mol. The maximum atomic E-state index is 5.29. The maximum Gasteiger partial charge on any atom is 0.119 e. The lowest BCUT2D eigenvalue weighted by atomic mass is 10.0. The second kappa shape index (κ2) is 7.84. The van der Waals surface area contributed by atoms with Crippen LogP contribution in [0.1, 0.15) is 24.7 Å². The van der Waals surface area contributed by atoms with Crippen LogP contribution in [0.3, 0.4) is 0 Å². The number of hydrogen-bond acceptors (Lipinski definition) is 3. The van der Waals surface area contributed by atoms with E-state index in [0.717, 1.165) is 37.4 Å². The molecule has 0 bridgehead atoms. The molecule has 1 heterocycles. The van der Waals surface area contributed by atoms with Gasteiger partial charge in [0.15, 0.2) is 0 Å². The number of hydrogen-bond donors (Lipinski definition) is 1. The van der Waals surface area contributed by atoms with Crippen molar-refractivity contribution in [1.29, 1.82) is 0 Å². The topological polar surface area (TPSA) is 39.1 Å². The van der Waals surface area contributed by atoms with Crippen LogP contribution in [0.5, 0.6) is 5.75 Å². The predicted molar refractivity (Wildman–Crippen MR) is 85.8 cm³/mol. The van der Waals surface area contributed by atoms with E-state index in [4.69, 9.17) is 4.74 Å². The predicted octanol–water partition coefficient (Wildman–Crippen LogP) is 2.67. The van der Waals surface area contributed by atoms with Crippen molar-refractivity contribution in [2.45, 2.75) is 38.8 Å². The van der Waals surface area contributed by atoms with E-state index in [0.29, 0.717) is 6.04 Å². The van der Waals surface area contributed by atoms with Crippen molar-refractivity contribution in [3.63, 3.8) is 0 Å². The molecule has 2 rings (SSSR count). The first kappa shape index (κ1) is 15.6. The molecule has 1 aromatic carbocycles. The van der Waals surface area contributed by atoms with Crippen molar-refractivity contribution in [2.75, 3.05) is 14.2 Å². The lowest BCUT2D eigenvalue weighted by molar-refractivity contribution is 0.413. The minimum atomic E-state index is 0.370. The number of imidazole rings is 1. The van der Waals surface area contributed by atoms with E-state index in [1.807, 2.05) is 25.4 Å². The molecule has 0 aliphatic heterocycles. The summed E-state index contributed by atoms with van der Waals surface area (Å²) < 4.78 is 7.54. The van der Waals surface area contributed by atoms with Gasteiger partial charge in [0.2, 0.25) is 0 Å². The minimum absolute atomic E-state index is 0.370. The monoisotopic (exact) mass is 287 g/mol. The zero-order valence-electron chi connectivity index (χ0n) is 13.2. The van der Waals surface area contributed by atoms with Gasteiger partial charge in [-0.25, -0.2) is 4.98 Å². The Balaban J connectivity index is 2.03. The molecular weight excluding hydrogens is 262 g/mol. The first-order chi connectivity index (χ1) is 10.3. The fourth-order valence-corrected chi connectivity index (χ4v) is 2.56. The summed E-state index contributed by atoms with van der Waals surface area (Å²) in [6, 6.07) is 8.63. The summed E-state index contributed by atoms with van der Waals surface area (Å²) in [7, 11) is 3.72. The van der Waals surface area contributed by atoms with Crippen LogP contribution in [0.2, 0.25) is 0 Å². The molecular formula is C17H25N3O. The van der Waals surface area contributed by atoms with Crippen LogP contribution in [-0.4, -0.2) is 29.8 Å². The van der Waals surface area contributed by atoms with Crippen LogP contribution in [-0.2, 0) is 19.4 Å². The van der Waals surface area contributed by atoms with Gasteiger partial charge < -0.3 is 14.6 Å². The smallest absolute Gasteiger partial charge is 0.119 e. The number of methoxy groups -OCH3 is 1. The number of nitrogens with zero attached hydrogens (tertiary/aromatic N) is 2. The van der Waals surface area contributed by atoms with Crippen LogP contribution < -0.4 is 10.1 Å². The Hall–Kier alpha value is -1.81. The number of likely N-dealkylation sites (N-methyl/N-ethyl adjacent to an activating group) is 1. The number of benzene rings is 1. The highest BCUT2D eigenvalue weighted by Crippen LogP contribution is 2.15. The number of aryl methyl sites for hydroxylation is 1. The highest BCUT2D eigenvalue weighted by molar-refractivity contribution is 5.29. The lowest BCUT2D eigenvalue weighted by Crippen LogP contribution is -2.31. The van der Waals surface area contributed by atoms with Crippen molar-refractivity contribution in [2.24, 2.45) is 0 Å². The third kappa shape index (κ3) is 4.33. The molecule has 1 N–H and O–H groups in total. The molecule has 0 aliphatic carbocycles. The quantitative estimate of drug-likeness (QED) is 0.811. The Bertz CT molecular complexity index is 550. The molecule has 4 nitrogen and oxygen atoms in total. The van der Waals surface area contributed by atoms with E-state index in [-0.39, 0.29) is 0 Å². The van der Waals surface area contributed by atoms with Gasteiger partial charge in [-0.05, 0) is 37.6 Å². The number of nitrogens with one attached hydrogen (secondary N) is 1. The van der Waals surface area contributed by atoms with Gasteiger partial charge >= 0.3 is 0 Å². The Morgan fingerprint density at radius 1 is 1.33 bits per heavy atom. The molecule has 0 aliphatic rings. The minimum Gasteiger partial charge on any atom is -0.497 e. The van der Waals surface area contributed by atoms with Crippen molar-refractivity contribution in [1.82, 2.24) is 14.9 Å². The van der Waals surface area contributed by atoms with Gasteiger partial charge in [-0.3, -0.25) is 0 Å². The molecule has 21 heavy (non-hydrogen) atoms. The van der Waals surface area contributed by atoms with Gasteiger partial charge in [0.25, 0.3) is 0 Å². The molecule has 1 aromatic heterocycles. The maximum absolute atomic E-state index is 5.29. The summed E-state index contributed by atoms with van der Waals surface area (Å²) in [6.45, 7) is 3.22. The number of aromatic nitrogens is 2. The fraction of sp³-hybridized carbons (Fsp3) is 0.471. The van der Waals surface area contributed by atoms with Crippen LogP contribution in [0.15, 0.2) is 36.7 Å². The molecule has 114 valence electrons. The lowest BCUT2D eigenvalue weighted by Gasteiger charge is -2.17. The Kier molecular flexibility index (Phi) is 5.81. The highest BCUT2D eigenvalue weighted by atomic mass is 16.5. The molecule has 0 spiro atoms. The van der Waals surface area contributed by atoms with Crippen LogP contribution in [0.4, 0.5) is 0 Å². The molecule has 2 aromatic rings. The van der Waals surface area contributed by atoms with E-state index in [9.17, 15) is 0 Å². The van der Waals surface area contributed by atoms with Crippen LogP contribution in [0.25, 0.3) is 0 Å². The molecule has 0 fully saturated rings. The fourth-order valence-electron chi connectivity index (χ4n) is 2.56. The molecule has 0 saturated carbocycles. The van der Waals surface area contributed by atoms with E-state index >= 15 is 0 Å². The Morgan fingerprint density at radius 3 is 2.90 bits per heavy atom. The molecule has 4 heteroatoms. The zero-order chi connectivity index (χ0) is 15.1. The summed E-state index contributed by atoms with van der Waals surface area (Å²) in [5, 5.41) is 3.40. The third-order valence-corrected chi connectivity index (χ3v) is 3.72. The van der Waals surface area contributed by atoms with E-state index in [2.05, 4.69) is 40.1 Å². The molecule has 1 unspecified atom stereocenters. The van der Waals surface area contributed by atoms with E-state index in [1.165, 1.54) is 5.56 Å². The van der Waals surface area contributed by atoms with Gasteiger partial charge in [-0.2, -0.15) is 0 Å². The second-order valence-electron chi connectivity index (χ2n) is 5.28. The SMILES string of the molecule is CCCn1ccnc1CC(Cc1cccc(OC)c1)NC. The summed E-state index contributed by atoms with van der Waals surface area (Å²) >= 11 is 0. The number of ether oxygens (including phenoxy) is 1. The zero-order valence-corrected chi connectivity index (χ0v) is 13.2. The van der Waals surface area contributed by atoms with Crippen molar-refractivity contribution in [3.05, 3.63) is 48.0 Å². The van der Waals surface area contributed by atoms with Gasteiger partial charge in [-0.15, -0.1) is 0 Å². The first-order valence-electron chi connectivity index (χ1n) is 7.57. The molecule has 0 saturated heterocycles. The van der Waals surface area contributed by atoms with Crippen LogP contribution in [0, 0.1) is 0 Å². The molecule has 0 radical (unpaired) electrons. The average Bonchev–Trinajstić information content (AvgIpc) is 2.94. The van der Waals surface area contributed by atoms with Gasteiger partial charge in [0.1, 0.15) is 11.6 Å². The molecule has 0 amide bonds. The normalized spacial score (nSPS) is 12.3. The van der Waals surface area contributed by atoms with Crippen molar-refractivity contribution in [3.8, 4) is 5.75 Å². The summed E-state index contributed by atoms with van der Waals surface area (Å²) in [4.78, 5) is 4.50. The number of rotatable bonds is 8. The van der Waals surface area contributed by atoms with Crippen LogP contribution >= 0.6 is 0 Å². The summed E-state index contributed by atoms with van der Waals surface area (Å²) in [6.07, 6.45) is 6.98. The van der Waals surface area contributed by atoms with Crippen molar-refractivity contribution >= 4 is 0 Å². The Labute approximate surface area is 127 Å². The van der Waals surface area contributed by atoms with Gasteiger partial charge in [0, 0.05) is 31.4 Å². The van der Waals surface area contributed by atoms with E-state index in [1.54, 1.807) is 7.11 Å². The summed E-state index contributed by atoms with van der Waals surface area (Å²) in [5.41, 5.74) is 1.28. The largest absolute Gasteiger partial charge is 0.497 e. The van der Waals surface area contributed by atoms with Gasteiger partial charge in [0.05, 0.1) is 7.11 Å². The van der Waals surface area contributed by atoms with Crippen molar-refractivity contribution < 1.29 is 4.74 Å². The Morgan fingerprint density at radius 2 is 2.19 bits per heavy atom. The highest BCUT2D eigenvalue weighted by Gasteiger charge is 2.12. The standard InChI is InChI=1S/C17H25N3O/c1-4-9-20-10-8-19-17(20)13-15(18-2)11-14-6-5-7-16(12-14)21-3/h5-8,10,12,15,18H,4,9,11,13H2,1-3H3. The molecule has 1 atom stereocenters. The summed E-state index contributed by atoms with van der Waals surface area (Å²) in [5.74, 6) is 2.06. The third-order valence-electron chi connectivity index (χ3n) is 3.72. The van der Waals surface area contributed by atoms with Gasteiger partial charge in [-0.1, -0.05) is 19.1 Å².